The van der Waals surface area contributed by atoms with Crippen molar-refractivity contribution in [3.05, 3.63) is 35.4 Å². The molecule has 0 unspecified atom stereocenters. The standard InChI is InChI=1S/C10H9NO/c11-5-8-1-3-9(4-2-8)10-6-12-7-10/h1-4,10H,6-7H2. The van der Waals surface area contributed by atoms with Crippen LogP contribution in [0.1, 0.15) is 17.0 Å². The van der Waals surface area contributed by atoms with E-state index in [1.165, 1.54) is 5.56 Å². The zero-order valence-corrected chi connectivity index (χ0v) is 6.66. The molecule has 0 atom stereocenters. The van der Waals surface area contributed by atoms with Gasteiger partial charge in [0.25, 0.3) is 0 Å². The normalized spacial score (nSPS) is 16.6. The lowest BCUT2D eigenvalue weighted by atomic mass is 9.97. The van der Waals surface area contributed by atoms with Crippen molar-refractivity contribution in [3.63, 3.8) is 0 Å². The molecule has 0 amide bonds. The Bertz CT molecular complexity index is 306. The van der Waals surface area contributed by atoms with Gasteiger partial charge in [0.2, 0.25) is 0 Å². The minimum atomic E-state index is 0.553. The van der Waals surface area contributed by atoms with Gasteiger partial charge in [0.1, 0.15) is 0 Å². The van der Waals surface area contributed by atoms with E-state index in [4.69, 9.17) is 10.00 Å². The number of nitriles is 1. The number of nitrogens with zero attached hydrogens (tertiary/aromatic N) is 1. The Balaban J connectivity index is 2.19. The van der Waals surface area contributed by atoms with E-state index in [9.17, 15) is 0 Å². The van der Waals surface area contributed by atoms with Crippen LogP contribution in [0, 0.1) is 11.3 Å². The van der Waals surface area contributed by atoms with Crippen molar-refractivity contribution >= 4 is 0 Å². The molecule has 0 spiro atoms. The fourth-order valence-electron chi connectivity index (χ4n) is 1.26. The van der Waals surface area contributed by atoms with Crippen LogP contribution in [0.3, 0.4) is 0 Å². The lowest BCUT2D eigenvalue weighted by Gasteiger charge is -2.26. The van der Waals surface area contributed by atoms with Gasteiger partial charge in [-0.3, -0.25) is 0 Å². The van der Waals surface area contributed by atoms with Gasteiger partial charge in [0, 0.05) is 5.92 Å². The molecule has 2 heteroatoms. The molecule has 1 aliphatic rings. The molecule has 0 radical (unpaired) electrons. The van der Waals surface area contributed by atoms with E-state index in [2.05, 4.69) is 6.07 Å². The third-order valence-electron chi connectivity index (χ3n) is 2.15. The Morgan fingerprint density at radius 3 is 2.33 bits per heavy atom. The van der Waals surface area contributed by atoms with Crippen LogP contribution in [0.15, 0.2) is 24.3 Å². The predicted octanol–water partition coefficient (Wildman–Crippen LogP) is 1.67. The van der Waals surface area contributed by atoms with Gasteiger partial charge < -0.3 is 4.74 Å². The third kappa shape index (κ3) is 1.19. The predicted molar refractivity (Wildman–Crippen MR) is 44.7 cm³/mol. The Kier molecular flexibility index (Phi) is 1.81. The average Bonchev–Trinajstić information content (AvgIpc) is 2.03. The molecule has 2 rings (SSSR count). The molecule has 1 saturated heterocycles. The molecule has 1 aliphatic heterocycles. The lowest BCUT2D eigenvalue weighted by molar-refractivity contribution is 0.00842. The average molecular weight is 159 g/mol. The van der Waals surface area contributed by atoms with Gasteiger partial charge in [-0.25, -0.2) is 0 Å². The van der Waals surface area contributed by atoms with Crippen molar-refractivity contribution in [2.45, 2.75) is 5.92 Å². The summed E-state index contributed by atoms with van der Waals surface area (Å²) >= 11 is 0. The fourth-order valence-corrected chi connectivity index (χ4v) is 1.26. The van der Waals surface area contributed by atoms with Crippen LogP contribution in [-0.4, -0.2) is 13.2 Å². The number of rotatable bonds is 1. The highest BCUT2D eigenvalue weighted by molar-refractivity contribution is 5.33. The summed E-state index contributed by atoms with van der Waals surface area (Å²) in [6.07, 6.45) is 0. The molecule has 1 fully saturated rings. The van der Waals surface area contributed by atoms with E-state index in [1.807, 2.05) is 24.3 Å². The molecule has 12 heavy (non-hydrogen) atoms. The maximum Gasteiger partial charge on any atom is 0.0991 e. The van der Waals surface area contributed by atoms with Gasteiger partial charge in [-0.15, -0.1) is 0 Å². The zero-order valence-electron chi connectivity index (χ0n) is 6.66. The van der Waals surface area contributed by atoms with Gasteiger partial charge in [-0.1, -0.05) is 12.1 Å². The number of hydrogen-bond donors (Lipinski definition) is 0. The second-order valence-electron chi connectivity index (χ2n) is 2.97. The summed E-state index contributed by atoms with van der Waals surface area (Å²) in [6.45, 7) is 1.65. The number of benzene rings is 1. The summed E-state index contributed by atoms with van der Waals surface area (Å²) in [5.74, 6) is 0.553. The molecule has 0 N–H and O–H groups in total. The monoisotopic (exact) mass is 159 g/mol. The van der Waals surface area contributed by atoms with E-state index in [0.29, 0.717) is 5.92 Å². The summed E-state index contributed by atoms with van der Waals surface area (Å²) < 4.78 is 5.08. The van der Waals surface area contributed by atoms with Crippen LogP contribution in [-0.2, 0) is 4.74 Å². The van der Waals surface area contributed by atoms with Crippen molar-refractivity contribution in [2.75, 3.05) is 13.2 Å². The van der Waals surface area contributed by atoms with E-state index in [-0.39, 0.29) is 0 Å². The molecular weight excluding hydrogens is 150 g/mol. The van der Waals surface area contributed by atoms with Gasteiger partial charge in [0.05, 0.1) is 24.8 Å². The molecule has 1 heterocycles. The summed E-state index contributed by atoms with van der Waals surface area (Å²) in [5, 5.41) is 8.56. The SMILES string of the molecule is N#Cc1ccc(C2COC2)cc1. The van der Waals surface area contributed by atoms with Crippen LogP contribution in [0.5, 0.6) is 0 Å². The molecule has 0 aliphatic carbocycles. The van der Waals surface area contributed by atoms with Gasteiger partial charge in [-0.2, -0.15) is 5.26 Å². The molecule has 0 saturated carbocycles. The number of ether oxygens (including phenoxy) is 1. The number of hydrogen-bond acceptors (Lipinski definition) is 2. The quantitative estimate of drug-likeness (QED) is 0.624. The van der Waals surface area contributed by atoms with Crippen LogP contribution >= 0.6 is 0 Å². The highest BCUT2D eigenvalue weighted by atomic mass is 16.5. The zero-order chi connectivity index (χ0) is 8.39. The molecule has 1 aromatic carbocycles. The van der Waals surface area contributed by atoms with Crippen molar-refractivity contribution < 1.29 is 4.74 Å². The first-order valence-electron chi connectivity index (χ1n) is 3.98. The fraction of sp³-hybridized carbons (Fsp3) is 0.300. The maximum absolute atomic E-state index is 8.56. The second kappa shape index (κ2) is 2.96. The van der Waals surface area contributed by atoms with Crippen LogP contribution in [0.2, 0.25) is 0 Å². The van der Waals surface area contributed by atoms with Crippen molar-refractivity contribution in [3.8, 4) is 6.07 Å². The Labute approximate surface area is 71.4 Å². The van der Waals surface area contributed by atoms with E-state index >= 15 is 0 Å². The largest absolute Gasteiger partial charge is 0.380 e. The van der Waals surface area contributed by atoms with Gasteiger partial charge in [-0.05, 0) is 17.7 Å². The van der Waals surface area contributed by atoms with Crippen LogP contribution in [0.4, 0.5) is 0 Å². The van der Waals surface area contributed by atoms with E-state index < -0.39 is 0 Å². The topological polar surface area (TPSA) is 33.0 Å². The minimum absolute atomic E-state index is 0.553. The van der Waals surface area contributed by atoms with Crippen molar-refractivity contribution in [1.82, 2.24) is 0 Å². The molecular formula is C10H9NO. The van der Waals surface area contributed by atoms with Crippen molar-refractivity contribution in [1.29, 1.82) is 5.26 Å². The van der Waals surface area contributed by atoms with Crippen LogP contribution in [0.25, 0.3) is 0 Å². The maximum atomic E-state index is 8.56. The third-order valence-corrected chi connectivity index (χ3v) is 2.15. The Hall–Kier alpha value is -1.33. The molecule has 2 nitrogen and oxygen atoms in total. The Morgan fingerprint density at radius 1 is 1.25 bits per heavy atom. The first-order chi connectivity index (χ1) is 5.90. The van der Waals surface area contributed by atoms with Gasteiger partial charge in [0.15, 0.2) is 0 Å². The van der Waals surface area contributed by atoms with Gasteiger partial charge >= 0.3 is 0 Å². The molecule has 0 bridgehead atoms. The van der Waals surface area contributed by atoms with E-state index in [1.54, 1.807) is 0 Å². The summed E-state index contributed by atoms with van der Waals surface area (Å²) in [5.41, 5.74) is 2.00. The first-order valence-corrected chi connectivity index (χ1v) is 3.98. The van der Waals surface area contributed by atoms with Crippen molar-refractivity contribution in [2.24, 2.45) is 0 Å². The lowest BCUT2D eigenvalue weighted by Crippen LogP contribution is -2.24. The summed E-state index contributed by atoms with van der Waals surface area (Å²) in [4.78, 5) is 0. The highest BCUT2D eigenvalue weighted by Gasteiger charge is 2.19. The Morgan fingerprint density at radius 2 is 1.92 bits per heavy atom. The minimum Gasteiger partial charge on any atom is -0.380 e. The molecule has 0 aromatic heterocycles. The van der Waals surface area contributed by atoms with Crippen LogP contribution < -0.4 is 0 Å². The molecule has 60 valence electrons. The van der Waals surface area contributed by atoms with E-state index in [0.717, 1.165) is 18.8 Å². The summed E-state index contributed by atoms with van der Waals surface area (Å²) in [7, 11) is 0. The highest BCUT2D eigenvalue weighted by Crippen LogP contribution is 2.23. The first kappa shape index (κ1) is 7.33. The second-order valence-corrected chi connectivity index (χ2v) is 2.97. The molecule has 1 aromatic rings. The smallest absolute Gasteiger partial charge is 0.0991 e. The summed E-state index contributed by atoms with van der Waals surface area (Å²) in [6, 6.07) is 9.82.